The Morgan fingerprint density at radius 1 is 0.440 bits per heavy atom. The minimum absolute atomic E-state index is 0.455. The van der Waals surface area contributed by atoms with Gasteiger partial charge in [-0.05, 0) is 60.5 Å². The average Bonchev–Trinajstić information content (AvgIpc) is 3.10. The van der Waals surface area contributed by atoms with Gasteiger partial charge in [-0.25, -0.2) is 19.9 Å². The molecule has 0 saturated carbocycles. The molecule has 6 unspecified atom stereocenters. The molecule has 4 aromatic rings. The summed E-state index contributed by atoms with van der Waals surface area (Å²) in [5.74, 6) is 5.69. The predicted octanol–water partition coefficient (Wildman–Crippen LogP) is 12.8. The molecule has 6 nitrogen and oxygen atoms in total. The lowest BCUT2D eigenvalue weighted by Gasteiger charge is -2.19. The van der Waals surface area contributed by atoms with E-state index in [4.69, 9.17) is 29.4 Å². The lowest BCUT2D eigenvalue weighted by molar-refractivity contribution is 0.210. The lowest BCUT2D eigenvalue weighted by atomic mass is 9.93. The molecule has 276 valence electrons. The van der Waals surface area contributed by atoms with Gasteiger partial charge >= 0.3 is 0 Å². The average molecular weight is 685 g/mol. The van der Waals surface area contributed by atoms with Crippen LogP contribution in [0, 0.1) is 35.5 Å². The van der Waals surface area contributed by atoms with Gasteiger partial charge in [0.1, 0.15) is 0 Å². The monoisotopic (exact) mass is 685 g/mol. The highest BCUT2D eigenvalue weighted by atomic mass is 16.5. The number of para-hydroxylation sites is 2. The van der Waals surface area contributed by atoms with Crippen molar-refractivity contribution in [3.8, 4) is 11.5 Å². The van der Waals surface area contributed by atoms with E-state index < -0.39 is 0 Å². The molecule has 0 N–H and O–H groups in total. The van der Waals surface area contributed by atoms with Gasteiger partial charge in [-0.2, -0.15) is 0 Å². The molecule has 0 aliphatic rings. The lowest BCUT2D eigenvalue weighted by Crippen LogP contribution is -2.12. The molecule has 0 amide bonds. The maximum Gasteiger partial charge on any atom is 0.199 e. The largest absolute Gasteiger partial charge is 0.489 e. The van der Waals surface area contributed by atoms with E-state index in [1.165, 1.54) is 89.9 Å². The van der Waals surface area contributed by atoms with Crippen LogP contribution in [0.4, 0.5) is 0 Å². The first-order chi connectivity index (χ1) is 24.1. The van der Waals surface area contributed by atoms with Gasteiger partial charge in [0.05, 0.1) is 35.3 Å². The zero-order valence-corrected chi connectivity index (χ0v) is 32.8. The van der Waals surface area contributed by atoms with E-state index in [9.17, 15) is 0 Å². The minimum atomic E-state index is 0.455. The van der Waals surface area contributed by atoms with E-state index in [1.54, 1.807) is 0 Å². The Bertz CT molecular complexity index is 1460. The molecule has 2 aromatic carbocycles. The van der Waals surface area contributed by atoms with Crippen LogP contribution in [0.3, 0.4) is 0 Å². The number of aromatic nitrogens is 4. The third-order valence-corrected chi connectivity index (χ3v) is 11.0. The number of hydrogen-bond donors (Lipinski definition) is 0. The van der Waals surface area contributed by atoms with Crippen LogP contribution in [0.25, 0.3) is 33.4 Å². The quantitative estimate of drug-likeness (QED) is 0.0684. The summed E-state index contributed by atoms with van der Waals surface area (Å²) in [6, 6.07) is 11.9. The van der Waals surface area contributed by atoms with Crippen LogP contribution in [0.5, 0.6) is 11.5 Å². The summed E-state index contributed by atoms with van der Waals surface area (Å²) in [6.07, 6.45) is 18.1. The molecule has 0 radical (unpaired) electrons. The maximum absolute atomic E-state index is 6.53. The topological polar surface area (TPSA) is 70.0 Å². The molecule has 0 bridgehead atoms. The van der Waals surface area contributed by atoms with E-state index in [2.05, 4.69) is 55.4 Å². The van der Waals surface area contributed by atoms with Crippen LogP contribution in [0.1, 0.15) is 145 Å². The fourth-order valence-electron chi connectivity index (χ4n) is 6.89. The molecule has 2 heterocycles. The van der Waals surface area contributed by atoms with E-state index in [0.29, 0.717) is 36.3 Å². The van der Waals surface area contributed by atoms with Crippen LogP contribution in [-0.2, 0) is 0 Å². The van der Waals surface area contributed by atoms with E-state index >= 15 is 0 Å². The highest BCUT2D eigenvalue weighted by Crippen LogP contribution is 2.34. The number of ether oxygens (including phenoxy) is 2. The standard InChI is InChI=1S/C44H68N4O2/c1-9-31(3)17-13-19-33(5)21-15-23-35(7)29-49-41-27-39-40(48-44-43(47-39)45-37-25-11-12-26-38(37)46-44)28-42(41)50-30-36(8)24-16-22-34(6)20-14-18-32(4)10-2/h11-12,25-28,31-36H,9-10,13-24,29-30H2,1-8H3. The van der Waals surface area contributed by atoms with Crippen molar-refractivity contribution in [2.75, 3.05) is 13.2 Å². The molecular formula is C44H68N4O2. The zero-order valence-electron chi connectivity index (χ0n) is 32.8. The van der Waals surface area contributed by atoms with Crippen molar-refractivity contribution < 1.29 is 9.47 Å². The molecule has 0 aliphatic carbocycles. The fourth-order valence-corrected chi connectivity index (χ4v) is 6.89. The molecule has 0 spiro atoms. The number of benzene rings is 2. The summed E-state index contributed by atoms with van der Waals surface area (Å²) >= 11 is 0. The summed E-state index contributed by atoms with van der Waals surface area (Å²) in [5, 5.41) is 0. The predicted molar refractivity (Wildman–Crippen MR) is 212 cm³/mol. The zero-order chi connectivity index (χ0) is 35.9. The highest BCUT2D eigenvalue weighted by molar-refractivity contribution is 5.89. The van der Waals surface area contributed by atoms with Crippen LogP contribution >= 0.6 is 0 Å². The van der Waals surface area contributed by atoms with Gasteiger partial charge < -0.3 is 9.47 Å². The summed E-state index contributed by atoms with van der Waals surface area (Å²) < 4.78 is 13.1. The molecule has 6 atom stereocenters. The van der Waals surface area contributed by atoms with Crippen molar-refractivity contribution >= 4 is 33.4 Å². The van der Waals surface area contributed by atoms with E-state index in [-0.39, 0.29) is 0 Å². The second-order valence-corrected chi connectivity index (χ2v) is 16.2. The van der Waals surface area contributed by atoms with Crippen LogP contribution in [0.2, 0.25) is 0 Å². The van der Waals surface area contributed by atoms with Crippen LogP contribution in [0.15, 0.2) is 36.4 Å². The van der Waals surface area contributed by atoms with Crippen molar-refractivity contribution in [1.29, 1.82) is 0 Å². The smallest absolute Gasteiger partial charge is 0.199 e. The first-order valence-electron chi connectivity index (χ1n) is 20.3. The summed E-state index contributed by atoms with van der Waals surface area (Å²) in [7, 11) is 0. The van der Waals surface area contributed by atoms with Crippen LogP contribution in [-0.4, -0.2) is 33.1 Å². The van der Waals surface area contributed by atoms with Gasteiger partial charge in [-0.3, -0.25) is 0 Å². The van der Waals surface area contributed by atoms with E-state index in [1.807, 2.05) is 36.4 Å². The molecular weight excluding hydrogens is 617 g/mol. The molecule has 2 aromatic heterocycles. The van der Waals surface area contributed by atoms with Gasteiger partial charge in [0.2, 0.25) is 0 Å². The van der Waals surface area contributed by atoms with Crippen LogP contribution < -0.4 is 9.47 Å². The Balaban J connectivity index is 1.37. The molecule has 0 aliphatic heterocycles. The molecule has 0 saturated heterocycles. The SMILES string of the molecule is CCC(C)CCCC(C)CCCC(C)COc1cc2nc3nc4ccccc4nc3nc2cc1OCC(C)CCCC(C)CCCC(C)CC. The third-order valence-electron chi connectivity index (χ3n) is 11.0. The van der Waals surface area contributed by atoms with E-state index in [0.717, 1.165) is 57.2 Å². The van der Waals surface area contributed by atoms with Gasteiger partial charge in [0, 0.05) is 12.1 Å². The van der Waals surface area contributed by atoms with Crippen molar-refractivity contribution in [2.45, 2.75) is 145 Å². The number of fused-ring (bicyclic) bond motifs is 3. The van der Waals surface area contributed by atoms with Crippen molar-refractivity contribution in [1.82, 2.24) is 19.9 Å². The van der Waals surface area contributed by atoms with Crippen molar-refractivity contribution in [3.63, 3.8) is 0 Å². The van der Waals surface area contributed by atoms with Crippen molar-refractivity contribution in [3.05, 3.63) is 36.4 Å². The van der Waals surface area contributed by atoms with Gasteiger partial charge in [0.25, 0.3) is 0 Å². The molecule has 50 heavy (non-hydrogen) atoms. The first kappa shape index (κ1) is 39.8. The molecule has 4 rings (SSSR count). The summed E-state index contributed by atoms with van der Waals surface area (Å²) in [5.41, 5.74) is 4.23. The minimum Gasteiger partial charge on any atom is -0.489 e. The fraction of sp³-hybridized carbons (Fsp3) is 0.682. The second-order valence-electron chi connectivity index (χ2n) is 16.2. The normalized spacial score (nSPS) is 15.6. The maximum atomic E-state index is 6.53. The highest BCUT2D eigenvalue weighted by Gasteiger charge is 2.16. The van der Waals surface area contributed by atoms with Crippen molar-refractivity contribution in [2.24, 2.45) is 35.5 Å². The molecule has 6 heteroatoms. The number of hydrogen-bond acceptors (Lipinski definition) is 6. The number of rotatable bonds is 24. The Morgan fingerprint density at radius 3 is 1.12 bits per heavy atom. The Morgan fingerprint density at radius 2 is 0.760 bits per heavy atom. The first-order valence-corrected chi connectivity index (χ1v) is 20.3. The number of nitrogens with zero attached hydrogens (tertiary/aromatic N) is 4. The molecule has 0 fully saturated rings. The summed E-state index contributed by atoms with van der Waals surface area (Å²) in [4.78, 5) is 19.3. The summed E-state index contributed by atoms with van der Waals surface area (Å²) in [6.45, 7) is 20.1. The van der Waals surface area contributed by atoms with Gasteiger partial charge in [-0.15, -0.1) is 0 Å². The Kier molecular flexibility index (Phi) is 16.5. The second kappa shape index (κ2) is 20.7. The third kappa shape index (κ3) is 12.9. The Hall–Kier alpha value is -3.02. The van der Waals surface area contributed by atoms with Gasteiger partial charge in [-0.1, -0.05) is 145 Å². The van der Waals surface area contributed by atoms with Gasteiger partial charge in [0.15, 0.2) is 22.8 Å². The Labute approximate surface area is 304 Å².